The Balaban J connectivity index is 1.73. The molecule has 2 aliphatic carbocycles. The predicted molar refractivity (Wildman–Crippen MR) is 128 cm³/mol. The second-order valence-electron chi connectivity index (χ2n) is 8.04. The van der Waals surface area contributed by atoms with E-state index in [2.05, 4.69) is 5.32 Å². The highest BCUT2D eigenvalue weighted by Gasteiger charge is 2.30. The number of piperidine rings is 1. The van der Waals surface area contributed by atoms with Gasteiger partial charge in [-0.1, -0.05) is 24.3 Å². The quantitative estimate of drug-likeness (QED) is 0.430. The van der Waals surface area contributed by atoms with E-state index in [-0.39, 0.29) is 49.1 Å². The third kappa shape index (κ3) is 6.20. The molecule has 0 spiro atoms. The molecule has 3 aliphatic rings. The van der Waals surface area contributed by atoms with E-state index < -0.39 is 18.0 Å². The van der Waals surface area contributed by atoms with Crippen LogP contribution >= 0.6 is 0 Å². The zero-order chi connectivity index (χ0) is 25.4. The number of likely N-dealkylation sites (tertiary alicyclic amines) is 1. The van der Waals surface area contributed by atoms with Crippen LogP contribution in [-0.4, -0.2) is 61.7 Å². The summed E-state index contributed by atoms with van der Waals surface area (Å²) in [6, 6.07) is 6.67. The number of fused-ring (bicyclic) bond motifs is 1. The summed E-state index contributed by atoms with van der Waals surface area (Å²) in [5.74, 6) is -1.49. The van der Waals surface area contributed by atoms with Crippen LogP contribution in [0.5, 0.6) is 0 Å². The zero-order valence-corrected chi connectivity index (χ0v) is 20.1. The van der Waals surface area contributed by atoms with Gasteiger partial charge in [0.15, 0.2) is 6.61 Å². The summed E-state index contributed by atoms with van der Waals surface area (Å²) >= 11 is 0. The Morgan fingerprint density at radius 3 is 1.91 bits per heavy atom. The summed E-state index contributed by atoms with van der Waals surface area (Å²) in [7, 11) is 0. The molecular weight excluding hydrogens is 454 g/mol. The molecule has 0 aromatic heterocycles. The largest absolute Gasteiger partial charge is 0.462 e. The number of nitrogens with one attached hydrogen (secondary N) is 1. The summed E-state index contributed by atoms with van der Waals surface area (Å²) < 4.78 is 15.3. The van der Waals surface area contributed by atoms with Crippen LogP contribution in [-0.2, 0) is 25.5 Å². The van der Waals surface area contributed by atoms with Crippen LogP contribution in [0.15, 0.2) is 24.3 Å². The van der Waals surface area contributed by atoms with E-state index in [0.29, 0.717) is 29.8 Å². The van der Waals surface area contributed by atoms with Gasteiger partial charge in [0.25, 0.3) is 5.91 Å². The summed E-state index contributed by atoms with van der Waals surface area (Å²) in [6.45, 7) is 4.81. The first-order valence-electron chi connectivity index (χ1n) is 11.7. The van der Waals surface area contributed by atoms with Gasteiger partial charge in [-0.05, 0) is 49.8 Å². The molecule has 2 amide bonds. The highest BCUT2D eigenvalue weighted by molar-refractivity contribution is 6.15. The lowest BCUT2D eigenvalue weighted by Gasteiger charge is -2.26. The Bertz CT molecular complexity index is 1010. The first kappa shape index (κ1) is 25.8. The van der Waals surface area contributed by atoms with Crippen molar-refractivity contribution in [2.24, 2.45) is 0 Å². The van der Waals surface area contributed by atoms with E-state index in [4.69, 9.17) is 19.9 Å². The third-order valence-electron chi connectivity index (χ3n) is 5.73. The van der Waals surface area contributed by atoms with E-state index in [1.54, 1.807) is 43.0 Å². The summed E-state index contributed by atoms with van der Waals surface area (Å²) in [5, 5.41) is 2.60. The fraction of sp³-hybridized carbons (Fsp3) is 0.440. The van der Waals surface area contributed by atoms with Gasteiger partial charge in [0.2, 0.25) is 0 Å². The normalized spacial score (nSPS) is 13.3. The molecule has 3 N–H and O–H groups in total. The zero-order valence-electron chi connectivity index (χ0n) is 20.1. The van der Waals surface area contributed by atoms with Crippen LogP contribution < -0.4 is 11.1 Å². The van der Waals surface area contributed by atoms with Crippen LogP contribution in [0.1, 0.15) is 59.4 Å². The van der Waals surface area contributed by atoms with Crippen molar-refractivity contribution < 1.29 is 33.4 Å². The fourth-order valence-corrected chi connectivity index (χ4v) is 4.02. The number of amides is 2. The second kappa shape index (κ2) is 12.0. The number of hydrogen-bond acceptors (Lipinski definition) is 8. The number of nitrogen functional groups attached to an aromatic ring is 1. The van der Waals surface area contributed by atoms with Crippen LogP contribution in [0, 0.1) is 0 Å². The van der Waals surface area contributed by atoms with E-state index in [1.807, 2.05) is 0 Å². The standard InChI is InChI=1S/C25H31N3O7/c1-3-33-23(30)20-17-10-8-16(9-11-18(17)21(22(20)26)24(31)34-4-2)14-27-25(32)35-15-19(29)28-12-6-5-7-13-28/h8-11H,3-7,12-15,26H2,1-2H3,(H,27,32). The van der Waals surface area contributed by atoms with E-state index in [0.717, 1.165) is 19.3 Å². The molecule has 0 radical (unpaired) electrons. The summed E-state index contributed by atoms with van der Waals surface area (Å²) in [5.41, 5.74) is 7.89. The van der Waals surface area contributed by atoms with Gasteiger partial charge >= 0.3 is 18.0 Å². The molecular formula is C25H31N3O7. The number of nitrogens with zero attached hydrogens (tertiary/aromatic N) is 1. The fourth-order valence-electron chi connectivity index (χ4n) is 4.02. The first-order chi connectivity index (χ1) is 16.9. The number of ether oxygens (including phenoxy) is 3. The first-order valence-corrected chi connectivity index (χ1v) is 11.7. The van der Waals surface area contributed by atoms with Crippen molar-refractivity contribution in [1.82, 2.24) is 10.2 Å². The molecule has 0 saturated carbocycles. The minimum atomic E-state index is -0.718. The molecule has 1 saturated heterocycles. The van der Waals surface area contributed by atoms with E-state index >= 15 is 0 Å². The van der Waals surface area contributed by atoms with Gasteiger partial charge in [-0.25, -0.2) is 14.4 Å². The molecule has 1 aliphatic heterocycles. The number of hydrogen-bond donors (Lipinski definition) is 2. The molecule has 10 nitrogen and oxygen atoms in total. The molecule has 1 heterocycles. The van der Waals surface area contributed by atoms with Crippen molar-refractivity contribution in [3.63, 3.8) is 0 Å². The molecule has 0 unspecified atom stereocenters. The predicted octanol–water partition coefficient (Wildman–Crippen LogP) is 2.97. The van der Waals surface area contributed by atoms with Crippen molar-refractivity contribution in [2.45, 2.75) is 39.7 Å². The van der Waals surface area contributed by atoms with Gasteiger partial charge < -0.3 is 30.2 Å². The Labute approximate surface area is 204 Å². The van der Waals surface area contributed by atoms with Crippen LogP contribution in [0.2, 0.25) is 0 Å². The maximum Gasteiger partial charge on any atom is 0.407 e. The highest BCUT2D eigenvalue weighted by Crippen LogP contribution is 2.39. The highest BCUT2D eigenvalue weighted by atomic mass is 16.6. The number of carbonyl (C=O) groups excluding carboxylic acids is 4. The van der Waals surface area contributed by atoms with Crippen LogP contribution in [0.3, 0.4) is 0 Å². The lowest BCUT2D eigenvalue weighted by Crippen LogP contribution is -2.39. The second-order valence-corrected chi connectivity index (χ2v) is 8.04. The number of rotatable bonds is 8. The number of anilines is 1. The number of carbonyl (C=O) groups is 4. The average molecular weight is 486 g/mol. The maximum absolute atomic E-state index is 12.6. The van der Waals surface area contributed by atoms with Crippen molar-refractivity contribution in [1.29, 1.82) is 0 Å². The van der Waals surface area contributed by atoms with Crippen molar-refractivity contribution in [3.05, 3.63) is 41.0 Å². The van der Waals surface area contributed by atoms with Gasteiger partial charge in [0.05, 0.1) is 30.0 Å². The van der Waals surface area contributed by atoms with Crippen LogP contribution in [0.4, 0.5) is 10.5 Å². The van der Waals surface area contributed by atoms with E-state index in [9.17, 15) is 19.2 Å². The third-order valence-corrected chi connectivity index (χ3v) is 5.73. The minimum Gasteiger partial charge on any atom is -0.462 e. The lowest BCUT2D eigenvalue weighted by molar-refractivity contribution is -0.135. The van der Waals surface area contributed by atoms with Gasteiger partial charge in [0.1, 0.15) is 0 Å². The number of nitrogens with two attached hydrogens (primary N) is 1. The summed E-state index contributed by atoms with van der Waals surface area (Å²) in [6.07, 6.45) is 2.30. The number of alkyl carbamates (subject to hydrolysis) is 1. The minimum absolute atomic E-state index is 0.00438. The van der Waals surface area contributed by atoms with Gasteiger partial charge in [-0.15, -0.1) is 0 Å². The molecule has 0 atom stereocenters. The molecule has 0 aromatic carbocycles. The topological polar surface area (TPSA) is 137 Å². The average Bonchev–Trinajstić information content (AvgIpc) is 2.98. The maximum atomic E-state index is 12.6. The molecule has 35 heavy (non-hydrogen) atoms. The lowest BCUT2D eigenvalue weighted by atomic mass is 10.1. The van der Waals surface area contributed by atoms with Crippen molar-refractivity contribution >= 4 is 29.6 Å². The van der Waals surface area contributed by atoms with Crippen molar-refractivity contribution in [3.8, 4) is 11.1 Å². The molecule has 0 aromatic rings. The SMILES string of the molecule is CCOC(=O)c1c2ccc(CNC(=O)OCC(=O)N3CCCCC3)ccc-2c(C(=O)OCC)c1N. The Kier molecular flexibility index (Phi) is 8.88. The molecule has 10 heteroatoms. The Morgan fingerprint density at radius 2 is 1.40 bits per heavy atom. The van der Waals surface area contributed by atoms with Gasteiger partial charge in [-0.2, -0.15) is 0 Å². The molecule has 3 rings (SSSR count). The summed E-state index contributed by atoms with van der Waals surface area (Å²) in [4.78, 5) is 51.1. The molecule has 0 bridgehead atoms. The smallest absolute Gasteiger partial charge is 0.407 e. The van der Waals surface area contributed by atoms with Crippen LogP contribution in [0.25, 0.3) is 11.1 Å². The van der Waals surface area contributed by atoms with Crippen molar-refractivity contribution in [2.75, 3.05) is 38.6 Å². The monoisotopic (exact) mass is 485 g/mol. The molecule has 1 fully saturated rings. The molecule has 188 valence electrons. The Hall–Kier alpha value is -3.82. The van der Waals surface area contributed by atoms with E-state index in [1.165, 1.54) is 0 Å². The van der Waals surface area contributed by atoms with Gasteiger partial charge in [0, 0.05) is 19.6 Å². The Morgan fingerprint density at radius 1 is 0.857 bits per heavy atom. The number of esters is 2. The van der Waals surface area contributed by atoms with Gasteiger partial charge in [-0.3, -0.25) is 4.79 Å².